The number of nitrogens with zero attached hydrogens (tertiary/aromatic N) is 4. The van der Waals surface area contributed by atoms with Gasteiger partial charge in [0.25, 0.3) is 5.91 Å². The van der Waals surface area contributed by atoms with Gasteiger partial charge in [0, 0.05) is 17.1 Å². The molecule has 5 rings (SSSR count). The Kier molecular flexibility index (Phi) is 7.29. The van der Waals surface area contributed by atoms with Gasteiger partial charge in [-0.25, -0.2) is 4.98 Å². The molecule has 5 aromatic rings. The first-order valence-electron chi connectivity index (χ1n) is 11.6. The molecule has 0 spiro atoms. The van der Waals surface area contributed by atoms with Crippen LogP contribution in [0.1, 0.15) is 27.3 Å². The van der Waals surface area contributed by atoms with Gasteiger partial charge in [-0.15, -0.1) is 21.5 Å². The van der Waals surface area contributed by atoms with Crippen LogP contribution >= 0.6 is 23.1 Å². The van der Waals surface area contributed by atoms with Gasteiger partial charge in [0.15, 0.2) is 16.1 Å². The van der Waals surface area contributed by atoms with Crippen molar-refractivity contribution >= 4 is 50.8 Å². The topological polar surface area (TPSA) is 102 Å². The summed E-state index contributed by atoms with van der Waals surface area (Å²) in [5.41, 5.74) is 3.69. The highest BCUT2D eigenvalue weighted by Crippen LogP contribution is 2.26. The number of carbonyl (C=O) groups excluding carboxylic acids is 2. The Labute approximate surface area is 222 Å². The van der Waals surface area contributed by atoms with E-state index in [1.165, 1.54) is 23.1 Å². The molecule has 2 amide bonds. The van der Waals surface area contributed by atoms with Gasteiger partial charge in [0.05, 0.1) is 18.0 Å². The van der Waals surface area contributed by atoms with Crippen molar-refractivity contribution in [1.29, 1.82) is 0 Å². The fraction of sp³-hybridized carbons (Fsp3) is 0.148. The number of rotatable bonds is 8. The summed E-state index contributed by atoms with van der Waals surface area (Å²) < 4.78 is 1.91. The zero-order chi connectivity index (χ0) is 25.8. The molecule has 0 saturated carbocycles. The fourth-order valence-electron chi connectivity index (χ4n) is 3.98. The molecule has 0 bridgehead atoms. The van der Waals surface area contributed by atoms with E-state index in [1.807, 2.05) is 79.1 Å². The van der Waals surface area contributed by atoms with Crippen LogP contribution in [0, 0.1) is 13.8 Å². The number of fused-ring (bicyclic) bond motifs is 1. The summed E-state index contributed by atoms with van der Waals surface area (Å²) in [6.45, 7) is 4.25. The van der Waals surface area contributed by atoms with E-state index < -0.39 is 0 Å². The third kappa shape index (κ3) is 5.40. The third-order valence-electron chi connectivity index (χ3n) is 5.97. The zero-order valence-corrected chi connectivity index (χ0v) is 21.9. The second-order valence-electron chi connectivity index (χ2n) is 8.34. The van der Waals surface area contributed by atoms with Crippen LogP contribution in [0.25, 0.3) is 16.5 Å². The minimum Gasteiger partial charge on any atom is -0.345 e. The van der Waals surface area contributed by atoms with Crippen LogP contribution in [0.15, 0.2) is 77.4 Å². The van der Waals surface area contributed by atoms with E-state index in [0.29, 0.717) is 21.7 Å². The maximum Gasteiger partial charge on any atom is 0.252 e. The van der Waals surface area contributed by atoms with Gasteiger partial charge < -0.3 is 10.6 Å². The number of hydrogen-bond donors (Lipinski definition) is 2. The molecular weight excluding hydrogens is 504 g/mol. The Bertz CT molecular complexity index is 1570. The van der Waals surface area contributed by atoms with Crippen LogP contribution in [0.4, 0.5) is 5.13 Å². The van der Waals surface area contributed by atoms with Gasteiger partial charge in [0.1, 0.15) is 0 Å². The van der Waals surface area contributed by atoms with Crippen molar-refractivity contribution in [2.45, 2.75) is 25.5 Å². The Morgan fingerprint density at radius 1 is 1.00 bits per heavy atom. The summed E-state index contributed by atoms with van der Waals surface area (Å²) in [5.74, 6) is 0.348. The van der Waals surface area contributed by atoms with E-state index in [-0.39, 0.29) is 24.1 Å². The van der Waals surface area contributed by atoms with Crippen molar-refractivity contribution < 1.29 is 9.59 Å². The predicted molar refractivity (Wildman–Crippen MR) is 147 cm³/mol. The quantitative estimate of drug-likeness (QED) is 0.270. The molecule has 0 radical (unpaired) electrons. The first-order chi connectivity index (χ1) is 18.0. The molecule has 0 aliphatic carbocycles. The number of hydrogen-bond acceptors (Lipinski definition) is 7. The van der Waals surface area contributed by atoms with Crippen LogP contribution < -0.4 is 10.6 Å². The van der Waals surface area contributed by atoms with Crippen LogP contribution in [-0.4, -0.2) is 37.3 Å². The number of anilines is 1. The van der Waals surface area contributed by atoms with E-state index in [4.69, 9.17) is 0 Å². The number of thioether (sulfide) groups is 1. The second-order valence-corrected chi connectivity index (χ2v) is 10.2. The van der Waals surface area contributed by atoms with Crippen LogP contribution in [0.2, 0.25) is 0 Å². The Morgan fingerprint density at radius 3 is 2.65 bits per heavy atom. The monoisotopic (exact) mass is 528 g/mol. The van der Waals surface area contributed by atoms with E-state index in [0.717, 1.165) is 27.6 Å². The van der Waals surface area contributed by atoms with Gasteiger partial charge in [-0.1, -0.05) is 60.3 Å². The average molecular weight is 529 g/mol. The minimum absolute atomic E-state index is 0.144. The lowest BCUT2D eigenvalue weighted by Gasteiger charge is -2.15. The maximum absolute atomic E-state index is 13.1. The largest absolute Gasteiger partial charge is 0.345 e. The van der Waals surface area contributed by atoms with Crippen molar-refractivity contribution in [2.75, 3.05) is 11.1 Å². The number of carbonyl (C=O) groups is 2. The smallest absolute Gasteiger partial charge is 0.252 e. The van der Waals surface area contributed by atoms with E-state index in [2.05, 4.69) is 25.8 Å². The number of thiazole rings is 1. The third-order valence-corrected chi connectivity index (χ3v) is 7.59. The average Bonchev–Trinajstić information content (AvgIpc) is 3.57. The molecule has 0 aliphatic heterocycles. The first-order valence-corrected chi connectivity index (χ1v) is 13.5. The Balaban J connectivity index is 1.39. The molecule has 0 unspecified atom stereocenters. The van der Waals surface area contributed by atoms with Crippen LogP contribution in [0.3, 0.4) is 0 Å². The molecular formula is C27H24N6O2S2. The molecule has 2 aromatic heterocycles. The number of nitrogens with one attached hydrogen (secondary N) is 2. The van der Waals surface area contributed by atoms with Crippen molar-refractivity contribution in [2.24, 2.45) is 0 Å². The molecule has 10 heteroatoms. The van der Waals surface area contributed by atoms with Gasteiger partial charge in [-0.05, 0) is 47.9 Å². The molecule has 186 valence electrons. The van der Waals surface area contributed by atoms with Gasteiger partial charge in [0.2, 0.25) is 5.91 Å². The molecule has 37 heavy (non-hydrogen) atoms. The lowest BCUT2D eigenvalue weighted by Crippen LogP contribution is -2.25. The maximum atomic E-state index is 13.1. The van der Waals surface area contributed by atoms with E-state index in [1.54, 1.807) is 11.6 Å². The van der Waals surface area contributed by atoms with E-state index >= 15 is 0 Å². The van der Waals surface area contributed by atoms with Gasteiger partial charge in [-0.2, -0.15) is 0 Å². The Hall–Kier alpha value is -4.02. The molecule has 0 saturated heterocycles. The molecule has 0 atom stereocenters. The zero-order valence-electron chi connectivity index (χ0n) is 20.3. The van der Waals surface area contributed by atoms with Crippen molar-refractivity contribution in [3.8, 4) is 5.69 Å². The van der Waals surface area contributed by atoms with Crippen molar-refractivity contribution in [3.05, 3.63) is 94.8 Å². The van der Waals surface area contributed by atoms with Crippen molar-refractivity contribution in [1.82, 2.24) is 25.1 Å². The standard InChI is InChI=1S/C27H24N6O2S2/c1-17-7-5-12-22(18(17)2)33-23(31-32-27(33)37-16-24(34)30-26-28-13-14-36-26)15-29-25(35)21-11-6-9-19-8-3-4-10-20(19)21/h3-14H,15-16H2,1-2H3,(H,29,35)(H,28,30,34). The lowest BCUT2D eigenvalue weighted by molar-refractivity contribution is -0.113. The fourth-order valence-corrected chi connectivity index (χ4v) is 5.29. The first kappa shape index (κ1) is 24.7. The number of benzene rings is 3. The molecule has 2 heterocycles. The van der Waals surface area contributed by atoms with Crippen LogP contribution in [0.5, 0.6) is 0 Å². The molecule has 0 aliphatic rings. The summed E-state index contributed by atoms with van der Waals surface area (Å²) >= 11 is 2.64. The second kappa shape index (κ2) is 10.9. The highest BCUT2D eigenvalue weighted by atomic mass is 32.2. The lowest BCUT2D eigenvalue weighted by atomic mass is 10.0. The van der Waals surface area contributed by atoms with Gasteiger partial charge >= 0.3 is 0 Å². The molecule has 3 aromatic carbocycles. The summed E-state index contributed by atoms with van der Waals surface area (Å²) in [5, 5.41) is 19.3. The summed E-state index contributed by atoms with van der Waals surface area (Å²) in [4.78, 5) is 29.7. The van der Waals surface area contributed by atoms with E-state index in [9.17, 15) is 9.59 Å². The summed E-state index contributed by atoms with van der Waals surface area (Å²) in [6.07, 6.45) is 1.64. The number of aryl methyl sites for hydroxylation is 1. The number of amides is 2. The van der Waals surface area contributed by atoms with Crippen molar-refractivity contribution in [3.63, 3.8) is 0 Å². The summed E-state index contributed by atoms with van der Waals surface area (Å²) in [7, 11) is 0. The SMILES string of the molecule is Cc1cccc(-n2c(CNC(=O)c3cccc4ccccc34)nnc2SCC(=O)Nc2nccs2)c1C. The Morgan fingerprint density at radius 2 is 1.81 bits per heavy atom. The van der Waals surface area contributed by atoms with Crippen LogP contribution in [-0.2, 0) is 11.3 Å². The van der Waals surface area contributed by atoms with Gasteiger partial charge in [-0.3, -0.25) is 14.2 Å². The summed E-state index contributed by atoms with van der Waals surface area (Å²) in [6, 6.07) is 19.5. The normalized spacial score (nSPS) is 11.0. The number of aromatic nitrogens is 4. The highest BCUT2D eigenvalue weighted by Gasteiger charge is 2.19. The highest BCUT2D eigenvalue weighted by molar-refractivity contribution is 7.99. The minimum atomic E-state index is -0.190. The molecule has 0 fully saturated rings. The predicted octanol–water partition coefficient (Wildman–Crippen LogP) is 5.15. The molecule has 8 nitrogen and oxygen atoms in total. The molecule has 2 N–H and O–H groups in total.